The lowest BCUT2D eigenvalue weighted by Gasteiger charge is -2.19. The van der Waals surface area contributed by atoms with Crippen LogP contribution in [0.25, 0.3) is 0 Å². The van der Waals surface area contributed by atoms with Gasteiger partial charge in [0.2, 0.25) is 0 Å². The molecule has 2 aromatic carbocycles. The molecule has 1 unspecified atom stereocenters. The second kappa shape index (κ2) is 8.30. The third-order valence-electron chi connectivity index (χ3n) is 3.47. The summed E-state index contributed by atoms with van der Waals surface area (Å²) >= 11 is 3.46. The van der Waals surface area contributed by atoms with E-state index in [4.69, 9.17) is 0 Å². The summed E-state index contributed by atoms with van der Waals surface area (Å²) in [6.07, 6.45) is 3.00. The van der Waals surface area contributed by atoms with E-state index < -0.39 is 0 Å². The van der Waals surface area contributed by atoms with Crippen molar-refractivity contribution in [3.05, 3.63) is 69.9 Å². The van der Waals surface area contributed by atoms with Gasteiger partial charge in [0.05, 0.1) is 0 Å². The standard InChI is InChI=1S/C18H21BrFN/c1-2-11-21-18(12-14-3-7-16(19)8-4-14)13-15-5-9-17(20)10-6-15/h3-10,18,21H,2,11-13H2,1H3. The van der Waals surface area contributed by atoms with Gasteiger partial charge in [0.25, 0.3) is 0 Å². The minimum absolute atomic E-state index is 0.176. The highest BCUT2D eigenvalue weighted by molar-refractivity contribution is 9.10. The first-order chi connectivity index (χ1) is 10.2. The van der Waals surface area contributed by atoms with Crippen LogP contribution >= 0.6 is 15.9 Å². The molecule has 0 saturated heterocycles. The molecule has 0 spiro atoms. The van der Waals surface area contributed by atoms with Crippen molar-refractivity contribution in [2.45, 2.75) is 32.2 Å². The quantitative estimate of drug-likeness (QED) is 0.760. The normalized spacial score (nSPS) is 12.3. The molecule has 0 saturated carbocycles. The van der Waals surface area contributed by atoms with Crippen LogP contribution in [0.2, 0.25) is 0 Å². The molecule has 112 valence electrons. The number of halogens is 2. The fourth-order valence-electron chi connectivity index (χ4n) is 2.37. The zero-order chi connectivity index (χ0) is 15.1. The van der Waals surface area contributed by atoms with E-state index in [2.05, 4.69) is 52.4 Å². The molecule has 1 N–H and O–H groups in total. The van der Waals surface area contributed by atoms with Gasteiger partial charge in [0.15, 0.2) is 0 Å². The van der Waals surface area contributed by atoms with Crippen LogP contribution in [0, 0.1) is 5.82 Å². The van der Waals surface area contributed by atoms with Gasteiger partial charge in [-0.1, -0.05) is 47.1 Å². The number of hydrogen-bond donors (Lipinski definition) is 1. The molecule has 3 heteroatoms. The van der Waals surface area contributed by atoms with Crippen molar-refractivity contribution in [2.75, 3.05) is 6.54 Å². The van der Waals surface area contributed by atoms with Crippen LogP contribution in [0.4, 0.5) is 4.39 Å². The molecule has 0 aliphatic carbocycles. The third kappa shape index (κ3) is 5.60. The van der Waals surface area contributed by atoms with Gasteiger partial charge < -0.3 is 5.32 Å². The Morgan fingerprint density at radius 1 is 0.952 bits per heavy atom. The average molecular weight is 350 g/mol. The van der Waals surface area contributed by atoms with E-state index in [0.29, 0.717) is 6.04 Å². The molecule has 1 atom stereocenters. The van der Waals surface area contributed by atoms with E-state index in [1.165, 1.54) is 23.3 Å². The van der Waals surface area contributed by atoms with E-state index in [1.807, 2.05) is 12.1 Å². The van der Waals surface area contributed by atoms with Crippen molar-refractivity contribution in [3.8, 4) is 0 Å². The molecule has 0 bridgehead atoms. The predicted octanol–water partition coefficient (Wildman–Crippen LogP) is 4.74. The summed E-state index contributed by atoms with van der Waals surface area (Å²) in [6.45, 7) is 3.17. The largest absolute Gasteiger partial charge is 0.313 e. The smallest absolute Gasteiger partial charge is 0.123 e. The zero-order valence-electron chi connectivity index (χ0n) is 12.3. The van der Waals surface area contributed by atoms with Crippen molar-refractivity contribution in [2.24, 2.45) is 0 Å². The van der Waals surface area contributed by atoms with Crippen molar-refractivity contribution in [3.63, 3.8) is 0 Å². The van der Waals surface area contributed by atoms with Gasteiger partial charge in [-0.15, -0.1) is 0 Å². The molecule has 0 aliphatic heterocycles. The van der Waals surface area contributed by atoms with Crippen LogP contribution in [0.1, 0.15) is 24.5 Å². The van der Waals surface area contributed by atoms with E-state index in [1.54, 1.807) is 0 Å². The Labute approximate surface area is 134 Å². The van der Waals surface area contributed by atoms with Crippen molar-refractivity contribution in [1.29, 1.82) is 0 Å². The van der Waals surface area contributed by atoms with Gasteiger partial charge in [-0.05, 0) is 61.2 Å². The second-order valence-electron chi connectivity index (χ2n) is 5.31. The molecule has 0 radical (unpaired) electrons. The van der Waals surface area contributed by atoms with Gasteiger partial charge in [0.1, 0.15) is 5.82 Å². The monoisotopic (exact) mass is 349 g/mol. The van der Waals surface area contributed by atoms with Gasteiger partial charge in [-0.2, -0.15) is 0 Å². The lowest BCUT2D eigenvalue weighted by atomic mass is 9.99. The second-order valence-corrected chi connectivity index (χ2v) is 6.23. The lowest BCUT2D eigenvalue weighted by Crippen LogP contribution is -2.33. The molecule has 0 amide bonds. The maximum Gasteiger partial charge on any atom is 0.123 e. The molecule has 0 aromatic heterocycles. The molecule has 0 heterocycles. The Morgan fingerprint density at radius 2 is 1.48 bits per heavy atom. The highest BCUT2D eigenvalue weighted by Gasteiger charge is 2.10. The lowest BCUT2D eigenvalue weighted by molar-refractivity contribution is 0.504. The summed E-state index contributed by atoms with van der Waals surface area (Å²) in [5, 5.41) is 3.59. The predicted molar refractivity (Wildman–Crippen MR) is 90.0 cm³/mol. The van der Waals surface area contributed by atoms with Crippen LogP contribution in [-0.2, 0) is 12.8 Å². The Hall–Kier alpha value is -1.19. The highest BCUT2D eigenvalue weighted by atomic mass is 79.9. The van der Waals surface area contributed by atoms with Crippen LogP contribution in [0.15, 0.2) is 53.0 Å². The summed E-state index contributed by atoms with van der Waals surface area (Å²) in [4.78, 5) is 0. The summed E-state index contributed by atoms with van der Waals surface area (Å²) in [5.74, 6) is -0.176. The Bertz CT molecular complexity index is 489. The van der Waals surface area contributed by atoms with Gasteiger partial charge in [-0.3, -0.25) is 0 Å². The van der Waals surface area contributed by atoms with E-state index in [9.17, 15) is 4.39 Å². The molecule has 1 nitrogen and oxygen atoms in total. The molecule has 2 aromatic rings. The molecular weight excluding hydrogens is 329 g/mol. The van der Waals surface area contributed by atoms with Crippen molar-refractivity contribution < 1.29 is 4.39 Å². The number of rotatable bonds is 7. The van der Waals surface area contributed by atoms with E-state index in [0.717, 1.165) is 30.3 Å². The van der Waals surface area contributed by atoms with Crippen LogP contribution in [0.3, 0.4) is 0 Å². The van der Waals surface area contributed by atoms with Gasteiger partial charge in [0, 0.05) is 10.5 Å². The van der Waals surface area contributed by atoms with Crippen LogP contribution in [0.5, 0.6) is 0 Å². The number of nitrogens with one attached hydrogen (secondary N) is 1. The van der Waals surface area contributed by atoms with Gasteiger partial charge >= 0.3 is 0 Å². The topological polar surface area (TPSA) is 12.0 Å². The minimum Gasteiger partial charge on any atom is -0.313 e. The first-order valence-electron chi connectivity index (χ1n) is 7.39. The SMILES string of the molecule is CCCNC(Cc1ccc(F)cc1)Cc1ccc(Br)cc1. The first kappa shape index (κ1) is 16.2. The minimum atomic E-state index is -0.176. The fraction of sp³-hybridized carbons (Fsp3) is 0.333. The summed E-state index contributed by atoms with van der Waals surface area (Å²) in [7, 11) is 0. The van der Waals surface area contributed by atoms with Crippen molar-refractivity contribution >= 4 is 15.9 Å². The third-order valence-corrected chi connectivity index (χ3v) is 4.00. The van der Waals surface area contributed by atoms with Crippen LogP contribution in [-0.4, -0.2) is 12.6 Å². The molecule has 0 fully saturated rings. The zero-order valence-corrected chi connectivity index (χ0v) is 13.9. The van der Waals surface area contributed by atoms with Gasteiger partial charge in [-0.25, -0.2) is 4.39 Å². The highest BCUT2D eigenvalue weighted by Crippen LogP contribution is 2.14. The Morgan fingerprint density at radius 3 is 2.00 bits per heavy atom. The van der Waals surface area contributed by atoms with Crippen LogP contribution < -0.4 is 5.32 Å². The number of hydrogen-bond acceptors (Lipinski definition) is 1. The molecular formula is C18H21BrFN. The molecule has 2 rings (SSSR count). The summed E-state index contributed by atoms with van der Waals surface area (Å²) in [5.41, 5.74) is 2.48. The summed E-state index contributed by atoms with van der Waals surface area (Å²) in [6, 6.07) is 15.6. The summed E-state index contributed by atoms with van der Waals surface area (Å²) < 4.78 is 14.1. The molecule has 21 heavy (non-hydrogen) atoms. The Kier molecular flexibility index (Phi) is 6.40. The van der Waals surface area contributed by atoms with E-state index in [-0.39, 0.29) is 5.82 Å². The fourth-order valence-corrected chi connectivity index (χ4v) is 2.64. The van der Waals surface area contributed by atoms with Crippen molar-refractivity contribution in [1.82, 2.24) is 5.32 Å². The average Bonchev–Trinajstić information content (AvgIpc) is 2.49. The number of benzene rings is 2. The maximum absolute atomic E-state index is 13.0. The Balaban J connectivity index is 2.02. The first-order valence-corrected chi connectivity index (χ1v) is 8.19. The molecule has 0 aliphatic rings. The maximum atomic E-state index is 13.0. The van der Waals surface area contributed by atoms with E-state index >= 15 is 0 Å².